The first-order valence-electron chi connectivity index (χ1n) is 5.09. The van der Waals surface area contributed by atoms with Crippen LogP contribution >= 0.6 is 23.4 Å². The fourth-order valence-electron chi connectivity index (χ4n) is 1.22. The van der Waals surface area contributed by atoms with Crippen LogP contribution in [0.5, 0.6) is 0 Å². The first-order chi connectivity index (χ1) is 8.90. The molecule has 0 spiro atoms. The predicted molar refractivity (Wildman–Crippen MR) is 73.6 cm³/mol. The molecule has 19 heavy (non-hydrogen) atoms. The lowest BCUT2D eigenvalue weighted by molar-refractivity contribution is -0.133. The Bertz CT molecular complexity index is 521. The average molecular weight is 303 g/mol. The number of thioether (sulfide) groups is 1. The molecule has 0 atom stereocenters. The highest BCUT2D eigenvalue weighted by atomic mass is 35.5. The molecule has 0 aliphatic rings. The molecule has 1 aromatic rings. The molecule has 0 radical (unpaired) electrons. The Balaban J connectivity index is 2.58. The number of carboxylic acid groups (broad SMARTS) is 1. The van der Waals surface area contributed by atoms with Crippen molar-refractivity contribution in [3.05, 3.63) is 28.8 Å². The summed E-state index contributed by atoms with van der Waals surface area (Å²) in [6, 6.07) is 4.30. The topological polar surface area (TPSA) is 109 Å². The summed E-state index contributed by atoms with van der Waals surface area (Å²) in [6.45, 7) is 0. The van der Waals surface area contributed by atoms with Gasteiger partial charge in [-0.15, -0.1) is 11.8 Å². The van der Waals surface area contributed by atoms with Gasteiger partial charge in [0.2, 0.25) is 11.8 Å². The van der Waals surface area contributed by atoms with E-state index < -0.39 is 11.9 Å². The molecule has 6 nitrogen and oxygen atoms in total. The van der Waals surface area contributed by atoms with Gasteiger partial charge in [-0.2, -0.15) is 0 Å². The van der Waals surface area contributed by atoms with Gasteiger partial charge in [-0.05, 0) is 18.2 Å². The van der Waals surface area contributed by atoms with Crippen LogP contribution in [0.3, 0.4) is 0 Å². The van der Waals surface area contributed by atoms with Crippen LogP contribution < -0.4 is 11.1 Å². The molecule has 0 aromatic heterocycles. The molecule has 8 heteroatoms. The minimum Gasteiger partial charge on any atom is -0.481 e. The average Bonchev–Trinajstić information content (AvgIpc) is 2.27. The van der Waals surface area contributed by atoms with Gasteiger partial charge >= 0.3 is 5.97 Å². The van der Waals surface area contributed by atoms with Crippen LogP contribution in [-0.4, -0.2) is 34.4 Å². The van der Waals surface area contributed by atoms with Crippen molar-refractivity contribution in [3.63, 3.8) is 0 Å². The highest BCUT2D eigenvalue weighted by Gasteiger charge is 2.09. The molecule has 0 saturated carbocycles. The molecule has 0 fully saturated rings. The molecular weight excluding hydrogens is 292 g/mol. The quantitative estimate of drug-likeness (QED) is 0.731. The third-order valence-corrected chi connectivity index (χ3v) is 3.21. The van der Waals surface area contributed by atoms with Crippen molar-refractivity contribution in [1.82, 2.24) is 0 Å². The smallest absolute Gasteiger partial charge is 0.313 e. The summed E-state index contributed by atoms with van der Waals surface area (Å²) < 4.78 is 0. The molecule has 0 unspecified atom stereocenters. The fourth-order valence-corrected chi connectivity index (χ4v) is 2.03. The van der Waals surface area contributed by atoms with Crippen molar-refractivity contribution in [2.75, 3.05) is 16.8 Å². The van der Waals surface area contributed by atoms with E-state index in [4.69, 9.17) is 22.4 Å². The monoisotopic (exact) mass is 302 g/mol. The number of primary amides is 1. The van der Waals surface area contributed by atoms with Crippen LogP contribution in [0, 0.1) is 0 Å². The standard InChI is InChI=1S/C11H11ClN2O4S/c12-8-3-6(1-2-7(8)11(13)18)14-9(15)4-19-5-10(16)17/h1-3H,4-5H2,(H2,13,18)(H,14,15)(H,16,17). The number of benzene rings is 1. The summed E-state index contributed by atoms with van der Waals surface area (Å²) in [5.74, 6) is -2.11. The van der Waals surface area contributed by atoms with E-state index in [2.05, 4.69) is 5.32 Å². The van der Waals surface area contributed by atoms with Crippen molar-refractivity contribution in [2.45, 2.75) is 0 Å². The van der Waals surface area contributed by atoms with E-state index in [-0.39, 0.29) is 28.0 Å². The lowest BCUT2D eigenvalue weighted by Gasteiger charge is -2.06. The number of rotatable bonds is 6. The number of halogens is 1. The van der Waals surface area contributed by atoms with Crippen LogP contribution in [0.2, 0.25) is 5.02 Å². The normalized spacial score (nSPS) is 9.95. The molecule has 0 aliphatic carbocycles. The Morgan fingerprint density at radius 3 is 2.53 bits per heavy atom. The van der Waals surface area contributed by atoms with E-state index in [0.29, 0.717) is 5.69 Å². The first kappa shape index (κ1) is 15.3. The van der Waals surface area contributed by atoms with Gasteiger partial charge in [0.25, 0.3) is 0 Å². The molecule has 1 rings (SSSR count). The van der Waals surface area contributed by atoms with Gasteiger partial charge in [0.15, 0.2) is 0 Å². The molecule has 0 aliphatic heterocycles. The number of carboxylic acids is 1. The maximum absolute atomic E-state index is 11.5. The van der Waals surface area contributed by atoms with E-state index in [9.17, 15) is 14.4 Å². The minimum atomic E-state index is -0.980. The molecule has 0 saturated heterocycles. The van der Waals surface area contributed by atoms with Crippen molar-refractivity contribution < 1.29 is 19.5 Å². The van der Waals surface area contributed by atoms with Gasteiger partial charge in [0.1, 0.15) is 0 Å². The van der Waals surface area contributed by atoms with Gasteiger partial charge < -0.3 is 16.2 Å². The maximum Gasteiger partial charge on any atom is 0.313 e. The second kappa shape index (κ2) is 7.01. The third kappa shape index (κ3) is 5.19. The second-order valence-electron chi connectivity index (χ2n) is 3.49. The number of nitrogens with two attached hydrogens (primary N) is 1. The van der Waals surface area contributed by atoms with Gasteiger partial charge in [0, 0.05) is 5.69 Å². The number of aliphatic carboxylic acids is 1. The van der Waals surface area contributed by atoms with E-state index in [1.807, 2.05) is 0 Å². The molecule has 2 amide bonds. The Labute approximate surface area is 118 Å². The van der Waals surface area contributed by atoms with E-state index >= 15 is 0 Å². The van der Waals surface area contributed by atoms with Gasteiger partial charge in [-0.3, -0.25) is 14.4 Å². The van der Waals surface area contributed by atoms with Crippen LogP contribution in [-0.2, 0) is 9.59 Å². The highest BCUT2D eigenvalue weighted by Crippen LogP contribution is 2.20. The minimum absolute atomic E-state index is 0.0154. The molecule has 1 aromatic carbocycles. The lowest BCUT2D eigenvalue weighted by atomic mass is 10.2. The lowest BCUT2D eigenvalue weighted by Crippen LogP contribution is -2.16. The SMILES string of the molecule is NC(=O)c1ccc(NC(=O)CSCC(=O)O)cc1Cl. The van der Waals surface area contributed by atoms with Crippen LogP contribution in [0.15, 0.2) is 18.2 Å². The Kier molecular flexibility index (Phi) is 5.65. The number of carbonyl (C=O) groups is 3. The van der Waals surface area contributed by atoms with Gasteiger partial charge in [-0.25, -0.2) is 0 Å². The zero-order chi connectivity index (χ0) is 14.4. The van der Waals surface area contributed by atoms with Crippen molar-refractivity contribution in [1.29, 1.82) is 0 Å². The molecular formula is C11H11ClN2O4S. The summed E-state index contributed by atoms with van der Waals surface area (Å²) >= 11 is 6.80. The predicted octanol–water partition coefficient (Wildman–Crippen LogP) is 1.20. The number of amides is 2. The van der Waals surface area contributed by atoms with Crippen molar-refractivity contribution >= 4 is 46.8 Å². The third-order valence-electron chi connectivity index (χ3n) is 1.98. The first-order valence-corrected chi connectivity index (χ1v) is 6.62. The van der Waals surface area contributed by atoms with Gasteiger partial charge in [0.05, 0.1) is 22.1 Å². The van der Waals surface area contributed by atoms with Crippen LogP contribution in [0.1, 0.15) is 10.4 Å². The number of anilines is 1. The molecule has 102 valence electrons. The largest absolute Gasteiger partial charge is 0.481 e. The zero-order valence-corrected chi connectivity index (χ0v) is 11.3. The number of nitrogens with one attached hydrogen (secondary N) is 1. The van der Waals surface area contributed by atoms with Crippen molar-refractivity contribution in [2.24, 2.45) is 5.73 Å². The zero-order valence-electron chi connectivity index (χ0n) is 9.68. The Morgan fingerprint density at radius 2 is 2.00 bits per heavy atom. The van der Waals surface area contributed by atoms with Crippen molar-refractivity contribution in [3.8, 4) is 0 Å². The number of hydrogen-bond acceptors (Lipinski definition) is 4. The number of hydrogen-bond donors (Lipinski definition) is 3. The van der Waals surface area contributed by atoms with E-state index in [1.54, 1.807) is 0 Å². The second-order valence-corrected chi connectivity index (χ2v) is 4.89. The summed E-state index contributed by atoms with van der Waals surface area (Å²) in [5.41, 5.74) is 5.67. The fraction of sp³-hybridized carbons (Fsp3) is 0.182. The Morgan fingerprint density at radius 1 is 1.32 bits per heavy atom. The summed E-state index contributed by atoms with van der Waals surface area (Å²) in [4.78, 5) is 32.7. The summed E-state index contributed by atoms with van der Waals surface area (Å²) in [7, 11) is 0. The highest BCUT2D eigenvalue weighted by molar-refractivity contribution is 8.00. The van der Waals surface area contributed by atoms with Gasteiger partial charge in [-0.1, -0.05) is 11.6 Å². The number of carbonyl (C=O) groups excluding carboxylic acids is 2. The summed E-state index contributed by atoms with van der Waals surface area (Å²) in [5, 5.41) is 11.1. The molecule has 0 bridgehead atoms. The van der Waals surface area contributed by atoms with Crippen LogP contribution in [0.25, 0.3) is 0 Å². The molecule has 4 N–H and O–H groups in total. The Hall–Kier alpha value is -1.73. The summed E-state index contributed by atoms with van der Waals surface area (Å²) in [6.07, 6.45) is 0. The van der Waals surface area contributed by atoms with E-state index in [0.717, 1.165) is 11.8 Å². The van der Waals surface area contributed by atoms with E-state index in [1.165, 1.54) is 18.2 Å². The molecule has 0 heterocycles. The maximum atomic E-state index is 11.5. The van der Waals surface area contributed by atoms with Crippen LogP contribution in [0.4, 0.5) is 5.69 Å².